The maximum Gasteiger partial charge on any atom is 0.405 e. The Kier molecular flexibility index (Phi) is 9.01. The molecule has 3 rings (SSSR count). The number of hydrogen-bond donors (Lipinski definition) is 2. The third-order valence-corrected chi connectivity index (χ3v) is 5.63. The van der Waals surface area contributed by atoms with Crippen molar-refractivity contribution < 1.29 is 27.5 Å². The van der Waals surface area contributed by atoms with Gasteiger partial charge in [-0.3, -0.25) is 9.59 Å². The molecule has 0 spiro atoms. The topological polar surface area (TPSA) is 98.1 Å². The van der Waals surface area contributed by atoms with Crippen LogP contribution in [0.1, 0.15) is 38.6 Å². The number of rotatable bonds is 12. The molecule has 12 heteroatoms. The number of halogens is 3. The van der Waals surface area contributed by atoms with E-state index < -0.39 is 24.5 Å². The number of nitrogens with zero attached hydrogens (tertiary/aromatic N) is 3. The van der Waals surface area contributed by atoms with Crippen LogP contribution >= 0.6 is 11.3 Å². The maximum absolute atomic E-state index is 12.5. The zero-order valence-corrected chi connectivity index (χ0v) is 19.5. The monoisotopic (exact) mass is 507 g/mol. The lowest BCUT2D eigenvalue weighted by atomic mass is 10.1. The van der Waals surface area contributed by atoms with E-state index in [1.807, 2.05) is 22.8 Å². The lowest BCUT2D eigenvalue weighted by Crippen LogP contribution is -2.33. The van der Waals surface area contributed by atoms with Crippen molar-refractivity contribution >= 4 is 23.2 Å². The molecule has 0 saturated heterocycles. The number of alkyl halides is 3. The van der Waals surface area contributed by atoms with Crippen molar-refractivity contribution in [3.63, 3.8) is 0 Å². The van der Waals surface area contributed by atoms with Crippen LogP contribution < -0.4 is 15.4 Å². The Hall–Kier alpha value is -3.67. The predicted octanol–water partition coefficient (Wildman–Crippen LogP) is 3.94. The molecular weight excluding hydrogens is 483 g/mol. The number of unbranched alkanes of at least 4 members (excludes halogenated alkanes) is 1. The zero-order chi connectivity index (χ0) is 25.3. The van der Waals surface area contributed by atoms with Gasteiger partial charge in [-0.25, -0.2) is 4.68 Å². The fraction of sp³-hybridized carbons (Fsp3) is 0.304. The van der Waals surface area contributed by atoms with Gasteiger partial charge in [-0.2, -0.15) is 13.2 Å². The number of hydrogen-bond acceptors (Lipinski definition) is 6. The van der Waals surface area contributed by atoms with Gasteiger partial charge in [0.25, 0.3) is 11.8 Å². The number of thiophene rings is 1. The Morgan fingerprint density at radius 3 is 2.74 bits per heavy atom. The quantitative estimate of drug-likeness (QED) is 0.286. The molecule has 8 nitrogen and oxygen atoms in total. The summed E-state index contributed by atoms with van der Waals surface area (Å²) < 4.78 is 44.4. The Morgan fingerprint density at radius 2 is 2.03 bits per heavy atom. The first-order valence-corrected chi connectivity index (χ1v) is 11.6. The van der Waals surface area contributed by atoms with Crippen molar-refractivity contribution in [2.24, 2.45) is 0 Å². The molecule has 0 unspecified atom stereocenters. The van der Waals surface area contributed by atoms with E-state index in [0.717, 1.165) is 4.88 Å². The number of carbonyl (C=O) groups is 2. The van der Waals surface area contributed by atoms with Crippen molar-refractivity contribution in [2.75, 3.05) is 19.7 Å². The van der Waals surface area contributed by atoms with Crippen molar-refractivity contribution in [1.82, 2.24) is 25.6 Å². The Labute approximate surface area is 203 Å². The van der Waals surface area contributed by atoms with Gasteiger partial charge in [0, 0.05) is 17.0 Å². The average molecular weight is 508 g/mol. The van der Waals surface area contributed by atoms with Gasteiger partial charge in [-0.15, -0.1) is 23.0 Å². The molecule has 0 fully saturated rings. The highest BCUT2D eigenvalue weighted by atomic mass is 32.1. The summed E-state index contributed by atoms with van der Waals surface area (Å²) in [5, 5.41) is 14.5. The molecule has 2 amide bonds. The van der Waals surface area contributed by atoms with Crippen LogP contribution in [0.15, 0.2) is 54.6 Å². The van der Waals surface area contributed by atoms with Crippen molar-refractivity contribution in [3.05, 3.63) is 70.7 Å². The molecule has 2 N–H and O–H groups in total. The Morgan fingerprint density at radius 1 is 1.20 bits per heavy atom. The molecule has 0 atom stereocenters. The van der Waals surface area contributed by atoms with Gasteiger partial charge in [0.15, 0.2) is 5.69 Å². The molecule has 0 aliphatic heterocycles. The van der Waals surface area contributed by atoms with Crippen LogP contribution in [0, 0.1) is 0 Å². The number of ether oxygens (including phenoxy) is 1. The van der Waals surface area contributed by atoms with E-state index >= 15 is 0 Å². The normalized spacial score (nSPS) is 11.2. The SMILES string of the molecule is C=CCCCOc1cc(C(=O)NCC(F)(F)F)ccc1-n1cc(C(=O)NCCc2cccs2)nn1. The Bertz CT molecular complexity index is 1150. The van der Waals surface area contributed by atoms with E-state index in [0.29, 0.717) is 31.5 Å². The van der Waals surface area contributed by atoms with Crippen molar-refractivity contribution in [3.8, 4) is 11.4 Å². The van der Waals surface area contributed by atoms with E-state index in [9.17, 15) is 22.8 Å². The molecule has 1 aromatic carbocycles. The number of aromatic nitrogens is 3. The van der Waals surface area contributed by atoms with Crippen LogP contribution in [-0.2, 0) is 6.42 Å². The van der Waals surface area contributed by atoms with Gasteiger partial charge < -0.3 is 15.4 Å². The summed E-state index contributed by atoms with van der Waals surface area (Å²) >= 11 is 1.60. The maximum atomic E-state index is 12.5. The van der Waals surface area contributed by atoms with E-state index in [-0.39, 0.29) is 23.6 Å². The smallest absolute Gasteiger partial charge is 0.405 e. The molecule has 3 aromatic rings. The van der Waals surface area contributed by atoms with Gasteiger partial charge in [0.1, 0.15) is 18.0 Å². The first-order chi connectivity index (χ1) is 16.8. The molecule has 186 valence electrons. The molecular formula is C23H24F3N5O3S. The second-order valence-corrected chi connectivity index (χ2v) is 8.43. The third kappa shape index (κ3) is 7.95. The molecule has 0 saturated carbocycles. The summed E-state index contributed by atoms with van der Waals surface area (Å²) in [6.07, 6.45) is 0.643. The van der Waals surface area contributed by atoms with Gasteiger partial charge in [0.2, 0.25) is 0 Å². The highest BCUT2D eigenvalue weighted by Gasteiger charge is 2.28. The molecule has 0 aliphatic rings. The van der Waals surface area contributed by atoms with E-state index in [4.69, 9.17) is 4.74 Å². The summed E-state index contributed by atoms with van der Waals surface area (Å²) in [7, 11) is 0. The standard InChI is InChI=1S/C23H24F3N5O3S/c1-2-3-4-11-34-20-13-16(21(32)28-15-23(24,25)26)7-8-19(20)31-14-18(29-30-31)22(33)27-10-9-17-6-5-12-35-17/h2,5-8,12-14H,1,3-4,9-11,15H2,(H,27,33)(H,28,32). The summed E-state index contributed by atoms with van der Waals surface area (Å²) in [5.41, 5.74) is 0.449. The van der Waals surface area contributed by atoms with Gasteiger partial charge >= 0.3 is 6.18 Å². The fourth-order valence-corrected chi connectivity index (χ4v) is 3.69. The minimum Gasteiger partial charge on any atom is -0.491 e. The summed E-state index contributed by atoms with van der Waals surface area (Å²) in [4.78, 5) is 25.8. The Balaban J connectivity index is 1.73. The summed E-state index contributed by atoms with van der Waals surface area (Å²) in [6, 6.07) is 8.07. The predicted molar refractivity (Wildman–Crippen MR) is 125 cm³/mol. The van der Waals surface area contributed by atoms with Crippen LogP contribution in [0.5, 0.6) is 5.75 Å². The van der Waals surface area contributed by atoms with Crippen LogP contribution in [-0.4, -0.2) is 52.7 Å². The molecule has 0 aliphatic carbocycles. The minimum absolute atomic E-state index is 0.0108. The van der Waals surface area contributed by atoms with Gasteiger partial charge in [0.05, 0.1) is 12.8 Å². The lowest BCUT2D eigenvalue weighted by Gasteiger charge is -2.13. The van der Waals surface area contributed by atoms with Crippen molar-refractivity contribution in [1.29, 1.82) is 0 Å². The first kappa shape index (κ1) is 25.9. The van der Waals surface area contributed by atoms with Crippen LogP contribution in [0.4, 0.5) is 13.2 Å². The van der Waals surface area contributed by atoms with Gasteiger partial charge in [-0.05, 0) is 48.9 Å². The number of amides is 2. The fourth-order valence-electron chi connectivity index (χ4n) is 2.98. The lowest BCUT2D eigenvalue weighted by molar-refractivity contribution is -0.123. The second kappa shape index (κ2) is 12.2. The highest BCUT2D eigenvalue weighted by molar-refractivity contribution is 7.09. The van der Waals surface area contributed by atoms with Crippen LogP contribution in [0.25, 0.3) is 5.69 Å². The minimum atomic E-state index is -4.53. The highest BCUT2D eigenvalue weighted by Crippen LogP contribution is 2.25. The third-order valence-electron chi connectivity index (χ3n) is 4.69. The van der Waals surface area contributed by atoms with E-state index in [2.05, 4.69) is 22.2 Å². The van der Waals surface area contributed by atoms with E-state index in [1.54, 1.807) is 17.4 Å². The van der Waals surface area contributed by atoms with Crippen LogP contribution in [0.3, 0.4) is 0 Å². The molecule has 0 radical (unpaired) electrons. The molecule has 0 bridgehead atoms. The number of benzene rings is 1. The average Bonchev–Trinajstić information content (AvgIpc) is 3.52. The van der Waals surface area contributed by atoms with Crippen molar-refractivity contribution in [2.45, 2.75) is 25.4 Å². The summed E-state index contributed by atoms with van der Waals surface area (Å²) in [5.74, 6) is -1.08. The zero-order valence-electron chi connectivity index (χ0n) is 18.7. The second-order valence-electron chi connectivity index (χ2n) is 7.39. The number of nitrogens with one attached hydrogen (secondary N) is 2. The van der Waals surface area contributed by atoms with E-state index in [1.165, 1.54) is 29.1 Å². The number of carbonyl (C=O) groups excluding carboxylic acids is 2. The largest absolute Gasteiger partial charge is 0.491 e. The molecule has 35 heavy (non-hydrogen) atoms. The summed E-state index contributed by atoms with van der Waals surface area (Å²) in [6.45, 7) is 2.91. The number of allylic oxidation sites excluding steroid dienone is 1. The molecule has 2 aromatic heterocycles. The van der Waals surface area contributed by atoms with Crippen LogP contribution in [0.2, 0.25) is 0 Å². The first-order valence-electron chi connectivity index (χ1n) is 10.7. The molecule has 2 heterocycles. The van der Waals surface area contributed by atoms with Gasteiger partial charge in [-0.1, -0.05) is 17.4 Å².